The number of nitrogens with one attached hydrogen (secondary N) is 2. The predicted octanol–water partition coefficient (Wildman–Crippen LogP) is 4.00. The zero-order valence-corrected chi connectivity index (χ0v) is 19.0. The molecule has 1 saturated carbocycles. The number of benzene rings is 1. The van der Waals surface area contributed by atoms with Gasteiger partial charge >= 0.3 is 11.9 Å². The van der Waals surface area contributed by atoms with Crippen LogP contribution < -0.4 is 10.1 Å². The maximum absolute atomic E-state index is 12.7. The van der Waals surface area contributed by atoms with Crippen LogP contribution in [-0.4, -0.2) is 48.4 Å². The molecule has 2 heterocycles. The number of aromatic nitrogens is 2. The van der Waals surface area contributed by atoms with E-state index in [2.05, 4.69) is 15.5 Å². The van der Waals surface area contributed by atoms with Crippen LogP contribution in [0.3, 0.4) is 0 Å². The lowest BCUT2D eigenvalue weighted by Gasteiger charge is -2.09. The zero-order chi connectivity index (χ0) is 23.4. The van der Waals surface area contributed by atoms with Crippen LogP contribution in [0.4, 0.5) is 5.00 Å². The normalized spacial score (nSPS) is 12.8. The number of amides is 1. The SMILES string of the molecule is CCOC(=O)c1c(-c2ccc(OC)cc2)csc1NC(=O)COC(=O)c1cc(C2CC2)[nH]n1. The summed E-state index contributed by atoms with van der Waals surface area (Å²) < 4.78 is 15.5. The molecule has 2 N–H and O–H groups in total. The first kappa shape index (κ1) is 22.5. The number of thiophene rings is 1. The Hall–Kier alpha value is -3.66. The Balaban J connectivity index is 1.45. The van der Waals surface area contributed by atoms with Gasteiger partial charge in [-0.3, -0.25) is 9.89 Å². The quantitative estimate of drug-likeness (QED) is 0.455. The van der Waals surface area contributed by atoms with Crippen molar-refractivity contribution < 1.29 is 28.6 Å². The van der Waals surface area contributed by atoms with Crippen LogP contribution in [0.2, 0.25) is 0 Å². The molecule has 2 aromatic heterocycles. The molecule has 1 aromatic carbocycles. The van der Waals surface area contributed by atoms with Gasteiger partial charge in [-0.05, 0) is 43.5 Å². The standard InChI is InChI=1S/C23H23N3O6S/c1-3-31-23(29)20-16(13-6-8-15(30-2)9-7-13)12-33-21(20)24-19(27)11-32-22(28)18-10-17(25-26-18)14-4-5-14/h6-10,12,14H,3-5,11H2,1-2H3,(H,24,27)(H,25,26). The fourth-order valence-corrected chi connectivity index (χ4v) is 4.22. The molecule has 9 nitrogen and oxygen atoms in total. The highest BCUT2D eigenvalue weighted by atomic mass is 32.1. The number of aromatic amines is 1. The minimum atomic E-state index is -0.691. The lowest BCUT2D eigenvalue weighted by Crippen LogP contribution is -2.22. The van der Waals surface area contributed by atoms with Gasteiger partial charge in [0.05, 0.1) is 13.7 Å². The Morgan fingerprint density at radius 2 is 1.91 bits per heavy atom. The van der Waals surface area contributed by atoms with Crippen molar-refractivity contribution in [1.82, 2.24) is 10.2 Å². The summed E-state index contributed by atoms with van der Waals surface area (Å²) in [6.45, 7) is 1.38. The van der Waals surface area contributed by atoms with Crippen LogP contribution in [0.1, 0.15) is 52.2 Å². The van der Waals surface area contributed by atoms with E-state index in [-0.39, 0.29) is 17.9 Å². The molecule has 3 aromatic rings. The molecular formula is C23H23N3O6S. The molecule has 0 unspecified atom stereocenters. The van der Waals surface area contributed by atoms with Gasteiger partial charge in [0.1, 0.15) is 16.3 Å². The zero-order valence-electron chi connectivity index (χ0n) is 18.2. The Labute approximate surface area is 194 Å². The summed E-state index contributed by atoms with van der Waals surface area (Å²) in [4.78, 5) is 37.3. The Morgan fingerprint density at radius 3 is 2.58 bits per heavy atom. The molecule has 172 valence electrons. The van der Waals surface area contributed by atoms with E-state index < -0.39 is 24.5 Å². The Morgan fingerprint density at radius 1 is 1.15 bits per heavy atom. The first-order chi connectivity index (χ1) is 16.0. The summed E-state index contributed by atoms with van der Waals surface area (Å²) >= 11 is 1.19. The molecule has 0 atom stereocenters. The minimum Gasteiger partial charge on any atom is -0.497 e. The van der Waals surface area contributed by atoms with Crippen LogP contribution in [0, 0.1) is 0 Å². The van der Waals surface area contributed by atoms with Crippen LogP contribution in [0.5, 0.6) is 5.75 Å². The second kappa shape index (κ2) is 9.86. The number of carbonyl (C=O) groups excluding carboxylic acids is 3. The first-order valence-corrected chi connectivity index (χ1v) is 11.3. The molecule has 10 heteroatoms. The molecule has 0 saturated heterocycles. The number of hydrogen-bond donors (Lipinski definition) is 2. The van der Waals surface area contributed by atoms with Gasteiger partial charge in [-0.2, -0.15) is 5.10 Å². The van der Waals surface area contributed by atoms with Crippen molar-refractivity contribution in [3.63, 3.8) is 0 Å². The molecular weight excluding hydrogens is 446 g/mol. The fraction of sp³-hybridized carbons (Fsp3) is 0.304. The fourth-order valence-electron chi connectivity index (χ4n) is 3.25. The number of rotatable bonds is 9. The van der Waals surface area contributed by atoms with E-state index in [9.17, 15) is 14.4 Å². The van der Waals surface area contributed by atoms with Crippen LogP contribution >= 0.6 is 11.3 Å². The molecule has 4 rings (SSSR count). The highest BCUT2D eigenvalue weighted by Gasteiger charge is 2.27. The Bertz CT molecular complexity index is 1160. The van der Waals surface area contributed by atoms with Gasteiger partial charge in [0.15, 0.2) is 12.3 Å². The lowest BCUT2D eigenvalue weighted by molar-refractivity contribution is -0.119. The average molecular weight is 470 g/mol. The first-order valence-electron chi connectivity index (χ1n) is 10.5. The van der Waals surface area contributed by atoms with Crippen molar-refractivity contribution >= 4 is 34.2 Å². The van der Waals surface area contributed by atoms with Crippen molar-refractivity contribution in [3.8, 4) is 16.9 Å². The van der Waals surface area contributed by atoms with E-state index in [1.54, 1.807) is 37.6 Å². The summed E-state index contributed by atoms with van der Waals surface area (Å²) in [6.07, 6.45) is 2.14. The third-order valence-electron chi connectivity index (χ3n) is 5.08. The van der Waals surface area contributed by atoms with Gasteiger partial charge in [-0.15, -0.1) is 11.3 Å². The number of nitrogens with zero attached hydrogens (tertiary/aromatic N) is 1. The van der Waals surface area contributed by atoms with Crippen LogP contribution in [0.25, 0.3) is 11.1 Å². The molecule has 1 fully saturated rings. The van der Waals surface area contributed by atoms with Crippen LogP contribution in [0.15, 0.2) is 35.7 Å². The topological polar surface area (TPSA) is 120 Å². The highest BCUT2D eigenvalue weighted by Crippen LogP contribution is 2.39. The number of esters is 2. The summed E-state index contributed by atoms with van der Waals surface area (Å²) in [6, 6.07) is 8.84. The van der Waals surface area contributed by atoms with E-state index in [0.717, 1.165) is 24.1 Å². The third kappa shape index (κ3) is 5.23. The van der Waals surface area contributed by atoms with Gasteiger partial charge in [0, 0.05) is 22.6 Å². The third-order valence-corrected chi connectivity index (χ3v) is 5.98. The molecule has 1 aliphatic rings. The van der Waals surface area contributed by atoms with Gasteiger partial charge in [-0.25, -0.2) is 9.59 Å². The average Bonchev–Trinajstić information content (AvgIpc) is 3.40. The molecule has 33 heavy (non-hydrogen) atoms. The van der Waals surface area contributed by atoms with Crippen molar-refractivity contribution in [2.24, 2.45) is 0 Å². The number of methoxy groups -OCH3 is 1. The smallest absolute Gasteiger partial charge is 0.359 e. The van der Waals surface area contributed by atoms with E-state index in [4.69, 9.17) is 14.2 Å². The summed E-state index contributed by atoms with van der Waals surface area (Å²) in [5.41, 5.74) is 2.67. The summed E-state index contributed by atoms with van der Waals surface area (Å²) in [7, 11) is 1.57. The second-order valence-electron chi connectivity index (χ2n) is 7.41. The molecule has 1 amide bonds. The van der Waals surface area contributed by atoms with Crippen LogP contribution in [-0.2, 0) is 14.3 Å². The van der Waals surface area contributed by atoms with Gasteiger partial charge in [-0.1, -0.05) is 12.1 Å². The minimum absolute atomic E-state index is 0.134. The predicted molar refractivity (Wildman–Crippen MR) is 122 cm³/mol. The number of carbonyl (C=O) groups is 3. The molecule has 0 spiro atoms. The second-order valence-corrected chi connectivity index (χ2v) is 8.29. The van der Waals surface area contributed by atoms with Gasteiger partial charge in [0.2, 0.25) is 0 Å². The maximum atomic E-state index is 12.7. The number of anilines is 1. The lowest BCUT2D eigenvalue weighted by atomic mass is 10.0. The van der Waals surface area contributed by atoms with E-state index in [0.29, 0.717) is 22.2 Å². The summed E-state index contributed by atoms with van der Waals surface area (Å²) in [5.74, 6) is -0.717. The molecule has 1 aliphatic carbocycles. The van der Waals surface area contributed by atoms with Crippen molar-refractivity contribution in [1.29, 1.82) is 0 Å². The monoisotopic (exact) mass is 469 g/mol. The van der Waals surface area contributed by atoms with E-state index in [1.165, 1.54) is 11.3 Å². The molecule has 0 bridgehead atoms. The van der Waals surface area contributed by atoms with Gasteiger partial charge in [0.25, 0.3) is 5.91 Å². The van der Waals surface area contributed by atoms with E-state index in [1.807, 2.05) is 12.1 Å². The Kier molecular flexibility index (Phi) is 6.74. The van der Waals surface area contributed by atoms with Crippen molar-refractivity contribution in [2.45, 2.75) is 25.7 Å². The maximum Gasteiger partial charge on any atom is 0.359 e. The number of ether oxygens (including phenoxy) is 3. The molecule has 0 radical (unpaired) electrons. The molecule has 0 aliphatic heterocycles. The highest BCUT2D eigenvalue weighted by molar-refractivity contribution is 7.15. The number of H-pyrrole nitrogens is 1. The van der Waals surface area contributed by atoms with E-state index >= 15 is 0 Å². The van der Waals surface area contributed by atoms with Crippen molar-refractivity contribution in [2.75, 3.05) is 25.6 Å². The van der Waals surface area contributed by atoms with Crippen molar-refractivity contribution in [3.05, 3.63) is 52.7 Å². The largest absolute Gasteiger partial charge is 0.497 e. The summed E-state index contributed by atoms with van der Waals surface area (Å²) in [5, 5.41) is 11.5. The van der Waals surface area contributed by atoms with Gasteiger partial charge < -0.3 is 19.5 Å². The number of hydrogen-bond acceptors (Lipinski definition) is 8.